The van der Waals surface area contributed by atoms with Gasteiger partial charge in [-0.05, 0) is 37.4 Å². The van der Waals surface area contributed by atoms with Gasteiger partial charge in [0, 0.05) is 48.9 Å². The minimum Gasteiger partial charge on any atom is -0.489 e. The first kappa shape index (κ1) is 20.0. The van der Waals surface area contributed by atoms with Crippen LogP contribution in [0.4, 0.5) is 10.1 Å². The van der Waals surface area contributed by atoms with Gasteiger partial charge in [-0.2, -0.15) is 5.10 Å². The van der Waals surface area contributed by atoms with Crippen molar-refractivity contribution in [2.45, 2.75) is 0 Å². The number of aromatic nitrogens is 3. The van der Waals surface area contributed by atoms with Crippen molar-refractivity contribution in [2.75, 3.05) is 51.3 Å². The summed E-state index contributed by atoms with van der Waals surface area (Å²) in [4.78, 5) is 9.19. The normalized spacial score (nSPS) is 16.4. The number of halogens is 1. The number of fused-ring (bicyclic) bond motifs is 5. The molecule has 0 unspecified atom stereocenters. The van der Waals surface area contributed by atoms with E-state index < -0.39 is 0 Å². The van der Waals surface area contributed by atoms with Crippen LogP contribution in [0.1, 0.15) is 0 Å². The van der Waals surface area contributed by atoms with Crippen molar-refractivity contribution in [3.05, 3.63) is 54.5 Å². The smallest absolute Gasteiger partial charge is 0.136 e. The second-order valence-corrected chi connectivity index (χ2v) is 8.47. The molecule has 2 bridgehead atoms. The Morgan fingerprint density at radius 3 is 2.64 bits per heavy atom. The predicted molar refractivity (Wildman–Crippen MR) is 125 cm³/mol. The van der Waals surface area contributed by atoms with Crippen LogP contribution in [-0.4, -0.2) is 66.5 Å². The molecule has 0 spiro atoms. The molecular formula is C25H24FN5O2. The number of H-pyrrole nitrogens is 1. The monoisotopic (exact) mass is 445 g/mol. The summed E-state index contributed by atoms with van der Waals surface area (Å²) in [6.07, 6.45) is 1.68. The Morgan fingerprint density at radius 2 is 1.79 bits per heavy atom. The number of anilines is 1. The van der Waals surface area contributed by atoms with Crippen LogP contribution in [0.25, 0.3) is 33.4 Å². The summed E-state index contributed by atoms with van der Waals surface area (Å²) in [5.41, 5.74) is 4.40. The van der Waals surface area contributed by atoms with E-state index in [0.29, 0.717) is 23.6 Å². The van der Waals surface area contributed by atoms with Gasteiger partial charge in [0.15, 0.2) is 0 Å². The minimum atomic E-state index is -0.375. The Hall–Kier alpha value is -3.65. The molecule has 2 aliphatic heterocycles. The van der Waals surface area contributed by atoms with Crippen molar-refractivity contribution in [3.8, 4) is 34.0 Å². The Bertz CT molecular complexity index is 1330. The average Bonchev–Trinajstić information content (AvgIpc) is 3.24. The number of benzene rings is 2. The van der Waals surface area contributed by atoms with Crippen molar-refractivity contribution >= 4 is 16.6 Å². The molecule has 1 fully saturated rings. The maximum absolute atomic E-state index is 14.8. The topological polar surface area (TPSA) is 66.5 Å². The number of likely N-dealkylation sites (N-methyl/N-ethyl adjacent to an activating group) is 1. The highest BCUT2D eigenvalue weighted by molar-refractivity contribution is 5.96. The second kappa shape index (κ2) is 8.04. The Morgan fingerprint density at radius 1 is 0.970 bits per heavy atom. The summed E-state index contributed by atoms with van der Waals surface area (Å²) < 4.78 is 26.9. The van der Waals surface area contributed by atoms with Gasteiger partial charge in [-0.1, -0.05) is 6.07 Å². The van der Waals surface area contributed by atoms with Crippen LogP contribution < -0.4 is 14.4 Å². The molecule has 0 aliphatic carbocycles. The molecule has 6 rings (SSSR count). The Labute approximate surface area is 190 Å². The fourth-order valence-corrected chi connectivity index (χ4v) is 4.52. The van der Waals surface area contributed by atoms with Crippen LogP contribution in [0.2, 0.25) is 0 Å². The molecule has 4 heterocycles. The van der Waals surface area contributed by atoms with Gasteiger partial charge in [-0.25, -0.2) is 4.39 Å². The molecule has 4 aromatic rings. The highest BCUT2D eigenvalue weighted by Crippen LogP contribution is 2.39. The fraction of sp³-hybridized carbons (Fsp3) is 0.280. The van der Waals surface area contributed by atoms with Gasteiger partial charge < -0.3 is 19.3 Å². The zero-order valence-corrected chi connectivity index (χ0v) is 18.3. The third-order valence-corrected chi connectivity index (χ3v) is 6.37. The first-order valence-corrected chi connectivity index (χ1v) is 11.1. The molecule has 7 nitrogen and oxygen atoms in total. The molecular weight excluding hydrogens is 421 g/mol. The Balaban J connectivity index is 1.49. The summed E-state index contributed by atoms with van der Waals surface area (Å²) in [5, 5.41) is 8.48. The molecule has 168 valence electrons. The van der Waals surface area contributed by atoms with Gasteiger partial charge in [0.2, 0.25) is 0 Å². The first-order valence-electron chi connectivity index (χ1n) is 11.1. The van der Waals surface area contributed by atoms with E-state index >= 15 is 0 Å². The molecule has 0 amide bonds. The molecule has 1 N–H and O–H groups in total. The number of pyridine rings is 1. The number of piperazine rings is 1. The lowest BCUT2D eigenvalue weighted by Gasteiger charge is -2.34. The first-order chi connectivity index (χ1) is 16.2. The summed E-state index contributed by atoms with van der Waals surface area (Å²) in [7, 11) is 2.15. The second-order valence-electron chi connectivity index (χ2n) is 8.47. The molecule has 2 aliphatic rings. The van der Waals surface area contributed by atoms with Crippen molar-refractivity contribution in [3.63, 3.8) is 0 Å². The number of nitrogens with zero attached hydrogens (tertiary/aromatic N) is 4. The summed E-state index contributed by atoms with van der Waals surface area (Å²) in [6.45, 7) is 4.61. The van der Waals surface area contributed by atoms with Crippen LogP contribution in [0.15, 0.2) is 48.7 Å². The SMILES string of the molecule is CN1CCN(c2ccc3c(c2)OCCOc2cccc(F)c2-c2cc4c-3n[nH]c4cn2)CC1. The van der Waals surface area contributed by atoms with Gasteiger partial charge >= 0.3 is 0 Å². The van der Waals surface area contributed by atoms with E-state index in [9.17, 15) is 4.39 Å². The van der Waals surface area contributed by atoms with Crippen LogP contribution in [0, 0.1) is 5.82 Å². The third-order valence-electron chi connectivity index (χ3n) is 6.37. The van der Waals surface area contributed by atoms with Crippen LogP contribution in [0.5, 0.6) is 11.5 Å². The van der Waals surface area contributed by atoms with Gasteiger partial charge in [0.05, 0.1) is 23.0 Å². The largest absolute Gasteiger partial charge is 0.489 e. The summed E-state index contributed by atoms with van der Waals surface area (Å²) in [5.74, 6) is 0.823. The Kier molecular flexibility index (Phi) is 4.87. The van der Waals surface area contributed by atoms with E-state index in [2.05, 4.69) is 50.2 Å². The van der Waals surface area contributed by atoms with Crippen LogP contribution in [-0.2, 0) is 0 Å². The number of ether oxygens (including phenoxy) is 2. The van der Waals surface area contributed by atoms with Gasteiger partial charge in [-0.3, -0.25) is 10.1 Å². The minimum absolute atomic E-state index is 0.282. The summed E-state index contributed by atoms with van der Waals surface area (Å²) in [6, 6.07) is 12.9. The van der Waals surface area contributed by atoms with E-state index in [1.54, 1.807) is 18.3 Å². The molecule has 2 aromatic heterocycles. The number of hydrogen-bond donors (Lipinski definition) is 1. The lowest BCUT2D eigenvalue weighted by molar-refractivity contribution is 0.218. The molecule has 33 heavy (non-hydrogen) atoms. The highest BCUT2D eigenvalue weighted by atomic mass is 19.1. The molecule has 2 aromatic carbocycles. The fourth-order valence-electron chi connectivity index (χ4n) is 4.52. The predicted octanol–water partition coefficient (Wildman–Crippen LogP) is 3.95. The van der Waals surface area contributed by atoms with Crippen molar-refractivity contribution in [1.29, 1.82) is 0 Å². The van der Waals surface area contributed by atoms with Gasteiger partial charge in [0.25, 0.3) is 0 Å². The van der Waals surface area contributed by atoms with E-state index in [1.807, 2.05) is 6.07 Å². The molecule has 0 atom stereocenters. The lowest BCUT2D eigenvalue weighted by Crippen LogP contribution is -2.44. The third kappa shape index (κ3) is 3.56. The molecule has 8 heteroatoms. The van der Waals surface area contributed by atoms with E-state index in [4.69, 9.17) is 9.47 Å². The van der Waals surface area contributed by atoms with Gasteiger partial charge in [-0.15, -0.1) is 0 Å². The van der Waals surface area contributed by atoms with E-state index in [-0.39, 0.29) is 12.4 Å². The van der Waals surface area contributed by atoms with Crippen LogP contribution >= 0.6 is 0 Å². The number of aromatic amines is 1. The average molecular weight is 445 g/mol. The lowest BCUT2D eigenvalue weighted by atomic mass is 10.0. The van der Waals surface area contributed by atoms with E-state index in [1.165, 1.54) is 6.07 Å². The van der Waals surface area contributed by atoms with Crippen molar-refractivity contribution in [2.24, 2.45) is 0 Å². The number of nitrogens with one attached hydrogen (secondary N) is 1. The van der Waals surface area contributed by atoms with Crippen LogP contribution in [0.3, 0.4) is 0 Å². The summed E-state index contributed by atoms with van der Waals surface area (Å²) >= 11 is 0. The van der Waals surface area contributed by atoms with Crippen molar-refractivity contribution < 1.29 is 13.9 Å². The maximum Gasteiger partial charge on any atom is 0.136 e. The van der Waals surface area contributed by atoms with Crippen molar-refractivity contribution in [1.82, 2.24) is 20.1 Å². The zero-order chi connectivity index (χ0) is 22.4. The quantitative estimate of drug-likeness (QED) is 0.479. The number of hydrogen-bond acceptors (Lipinski definition) is 6. The standard InChI is InChI=1S/C25H24FN5O2/c1-30-7-9-31(10-8-30)16-5-6-17-23(13-16)33-12-11-32-22-4-2-3-19(26)24(22)20-14-18-21(15-27-20)28-29-25(17)18/h2-6,13-15H,7-12H2,1H3,(H,28,29). The molecule has 0 radical (unpaired) electrons. The highest BCUT2D eigenvalue weighted by Gasteiger charge is 2.21. The molecule has 1 saturated heterocycles. The zero-order valence-electron chi connectivity index (χ0n) is 18.3. The van der Waals surface area contributed by atoms with E-state index in [0.717, 1.165) is 59.8 Å². The van der Waals surface area contributed by atoms with Gasteiger partial charge in [0.1, 0.15) is 36.2 Å². The maximum atomic E-state index is 14.8. The number of rotatable bonds is 1. The molecule has 0 saturated carbocycles.